The van der Waals surface area contributed by atoms with Gasteiger partial charge in [0, 0.05) is 0 Å². The Labute approximate surface area is 65.3 Å². The van der Waals surface area contributed by atoms with E-state index in [9.17, 15) is 5.21 Å². The van der Waals surface area contributed by atoms with Crippen LogP contribution in [0.25, 0.3) is 0 Å². The van der Waals surface area contributed by atoms with Crippen molar-refractivity contribution in [3.63, 3.8) is 0 Å². The third-order valence-electron chi connectivity index (χ3n) is 1.83. The lowest BCUT2D eigenvalue weighted by Gasteiger charge is -2.37. The number of allylic oxidation sites excluding steroid dienone is 2. The number of nitrogens with zero attached hydrogens (tertiary/aromatic N) is 1. The first kappa shape index (κ1) is 6.49. The largest absolute Gasteiger partial charge is 0.757 e. The second kappa shape index (κ2) is 2.13. The fourth-order valence-electron chi connectivity index (χ4n) is 1.35. The van der Waals surface area contributed by atoms with E-state index in [1.54, 1.807) is 12.4 Å². The topological polar surface area (TPSA) is 38.3 Å². The van der Waals surface area contributed by atoms with Crippen molar-refractivity contribution in [3.8, 4) is 0 Å². The van der Waals surface area contributed by atoms with Crippen molar-refractivity contribution in [2.45, 2.75) is 13.1 Å². The van der Waals surface area contributed by atoms with Gasteiger partial charge in [-0.25, -0.2) is 0 Å². The van der Waals surface area contributed by atoms with Crippen molar-refractivity contribution in [2.24, 2.45) is 0 Å². The monoisotopic (exact) mass is 149 g/mol. The molecule has 0 radical (unpaired) electrons. The van der Waals surface area contributed by atoms with Crippen LogP contribution < -0.4 is 5.32 Å². The standard InChI is InChI=1S/C8H9N2O/c1-6-4-7-2-3-9-8(7)10(11)5-6/h2-5,8-9H,1H3/q-1. The molecule has 3 nitrogen and oxygen atoms in total. The zero-order valence-corrected chi connectivity index (χ0v) is 6.24. The Morgan fingerprint density at radius 3 is 3.27 bits per heavy atom. The summed E-state index contributed by atoms with van der Waals surface area (Å²) in [5, 5.41) is 15.1. The number of hydroxylamine groups is 2. The SMILES string of the molecule is CC1=CN([O-])C2NC=CC2=C1. The zero-order chi connectivity index (χ0) is 7.84. The molecule has 2 aliphatic heterocycles. The second-order valence-electron chi connectivity index (χ2n) is 2.78. The summed E-state index contributed by atoms with van der Waals surface area (Å²) >= 11 is 0. The van der Waals surface area contributed by atoms with E-state index < -0.39 is 0 Å². The molecule has 2 rings (SSSR count). The van der Waals surface area contributed by atoms with Gasteiger partial charge in [0.2, 0.25) is 0 Å². The van der Waals surface area contributed by atoms with Crippen LogP contribution in [0, 0.1) is 5.21 Å². The Morgan fingerprint density at radius 2 is 2.45 bits per heavy atom. The first-order valence-corrected chi connectivity index (χ1v) is 3.55. The van der Waals surface area contributed by atoms with E-state index in [1.807, 2.05) is 19.1 Å². The molecule has 0 amide bonds. The van der Waals surface area contributed by atoms with Crippen LogP contribution in [0.1, 0.15) is 6.92 Å². The van der Waals surface area contributed by atoms with Crippen LogP contribution in [0.15, 0.2) is 35.7 Å². The Bertz CT molecular complexity index is 265. The van der Waals surface area contributed by atoms with Gasteiger partial charge in [0.15, 0.2) is 0 Å². The van der Waals surface area contributed by atoms with Gasteiger partial charge in [-0.3, -0.25) is 0 Å². The van der Waals surface area contributed by atoms with Gasteiger partial charge >= 0.3 is 0 Å². The van der Waals surface area contributed by atoms with Crippen LogP contribution >= 0.6 is 0 Å². The summed E-state index contributed by atoms with van der Waals surface area (Å²) in [5.74, 6) is 0. The normalized spacial score (nSPS) is 27.5. The molecule has 0 spiro atoms. The molecule has 2 aliphatic rings. The van der Waals surface area contributed by atoms with Crippen molar-refractivity contribution in [1.82, 2.24) is 10.4 Å². The van der Waals surface area contributed by atoms with Crippen LogP contribution in [0.4, 0.5) is 0 Å². The summed E-state index contributed by atoms with van der Waals surface area (Å²) < 4.78 is 0. The molecule has 0 saturated heterocycles. The van der Waals surface area contributed by atoms with E-state index in [0.717, 1.165) is 16.2 Å². The molecule has 3 heteroatoms. The van der Waals surface area contributed by atoms with E-state index in [0.29, 0.717) is 0 Å². The quantitative estimate of drug-likeness (QED) is 0.560. The molecule has 1 atom stereocenters. The van der Waals surface area contributed by atoms with Crippen LogP contribution in [0.2, 0.25) is 0 Å². The lowest BCUT2D eigenvalue weighted by atomic mass is 10.1. The third kappa shape index (κ3) is 0.935. The maximum absolute atomic E-state index is 11.2. The summed E-state index contributed by atoms with van der Waals surface area (Å²) in [7, 11) is 0. The first-order chi connectivity index (χ1) is 5.27. The lowest BCUT2D eigenvalue weighted by molar-refractivity contribution is 0.386. The molecule has 0 aromatic heterocycles. The fraction of sp³-hybridized carbons (Fsp3) is 0.250. The van der Waals surface area contributed by atoms with E-state index in [1.165, 1.54) is 0 Å². The highest BCUT2D eigenvalue weighted by molar-refractivity contribution is 5.39. The number of fused-ring (bicyclic) bond motifs is 1. The van der Waals surface area contributed by atoms with Crippen molar-refractivity contribution in [2.75, 3.05) is 0 Å². The fourth-order valence-corrected chi connectivity index (χ4v) is 1.35. The minimum atomic E-state index is -0.182. The van der Waals surface area contributed by atoms with Gasteiger partial charge in [-0.15, -0.1) is 0 Å². The maximum Gasteiger partial charge on any atom is 0.115 e. The molecule has 2 heterocycles. The van der Waals surface area contributed by atoms with E-state index >= 15 is 0 Å². The first-order valence-electron chi connectivity index (χ1n) is 3.55. The molecule has 0 fully saturated rings. The molecule has 0 aromatic rings. The Kier molecular flexibility index (Phi) is 1.26. The molecular weight excluding hydrogens is 140 g/mol. The molecule has 1 N–H and O–H groups in total. The summed E-state index contributed by atoms with van der Waals surface area (Å²) in [6.07, 6.45) is 7.14. The minimum Gasteiger partial charge on any atom is -0.757 e. The summed E-state index contributed by atoms with van der Waals surface area (Å²) in [4.78, 5) is 0. The molecule has 1 unspecified atom stereocenters. The Morgan fingerprint density at radius 1 is 1.64 bits per heavy atom. The van der Waals surface area contributed by atoms with Gasteiger partial charge < -0.3 is 15.6 Å². The predicted molar refractivity (Wildman–Crippen MR) is 43.1 cm³/mol. The predicted octanol–water partition coefficient (Wildman–Crippen LogP) is 1.07. The van der Waals surface area contributed by atoms with Crippen molar-refractivity contribution in [3.05, 3.63) is 40.9 Å². The van der Waals surface area contributed by atoms with Crippen molar-refractivity contribution < 1.29 is 0 Å². The Hall–Kier alpha value is -1.22. The van der Waals surface area contributed by atoms with E-state index in [2.05, 4.69) is 5.32 Å². The van der Waals surface area contributed by atoms with Crippen LogP contribution in [0.5, 0.6) is 0 Å². The third-order valence-corrected chi connectivity index (χ3v) is 1.83. The number of rotatable bonds is 0. The van der Waals surface area contributed by atoms with Crippen molar-refractivity contribution >= 4 is 0 Å². The smallest absolute Gasteiger partial charge is 0.115 e. The van der Waals surface area contributed by atoms with Gasteiger partial charge in [-0.1, -0.05) is 6.08 Å². The summed E-state index contributed by atoms with van der Waals surface area (Å²) in [6, 6.07) is 0. The molecule has 0 aromatic carbocycles. The summed E-state index contributed by atoms with van der Waals surface area (Å²) in [6.45, 7) is 1.92. The van der Waals surface area contributed by atoms with Gasteiger partial charge in [0.25, 0.3) is 0 Å². The van der Waals surface area contributed by atoms with Crippen LogP contribution in [0.3, 0.4) is 0 Å². The second-order valence-corrected chi connectivity index (χ2v) is 2.78. The van der Waals surface area contributed by atoms with Gasteiger partial charge in [-0.2, -0.15) is 0 Å². The average molecular weight is 149 g/mol. The Balaban J connectivity index is 2.35. The highest BCUT2D eigenvalue weighted by Crippen LogP contribution is 2.21. The van der Waals surface area contributed by atoms with Crippen LogP contribution in [-0.4, -0.2) is 11.2 Å². The van der Waals surface area contributed by atoms with Crippen molar-refractivity contribution in [1.29, 1.82) is 0 Å². The molecule has 58 valence electrons. The summed E-state index contributed by atoms with van der Waals surface area (Å²) in [5.41, 5.74) is 2.04. The number of nitrogens with one attached hydrogen (secondary N) is 1. The number of hydrogen-bond acceptors (Lipinski definition) is 3. The maximum atomic E-state index is 11.2. The lowest BCUT2D eigenvalue weighted by Crippen LogP contribution is -2.36. The van der Waals surface area contributed by atoms with E-state index in [-0.39, 0.29) is 6.17 Å². The van der Waals surface area contributed by atoms with Gasteiger partial charge in [0.05, 0.1) is 0 Å². The zero-order valence-electron chi connectivity index (χ0n) is 6.24. The molecule has 11 heavy (non-hydrogen) atoms. The molecule has 0 bridgehead atoms. The van der Waals surface area contributed by atoms with Gasteiger partial charge in [0.1, 0.15) is 6.17 Å². The van der Waals surface area contributed by atoms with Crippen LogP contribution in [-0.2, 0) is 0 Å². The molecular formula is C8H9N2O-. The van der Waals surface area contributed by atoms with Gasteiger partial charge in [-0.05, 0) is 36.5 Å². The highest BCUT2D eigenvalue weighted by Gasteiger charge is 2.18. The van der Waals surface area contributed by atoms with E-state index in [4.69, 9.17) is 0 Å². The minimum absolute atomic E-state index is 0.182. The highest BCUT2D eigenvalue weighted by atomic mass is 16.5. The number of hydrogen-bond donors (Lipinski definition) is 1. The molecule has 0 aliphatic carbocycles. The molecule has 0 saturated carbocycles. The average Bonchev–Trinajstić information content (AvgIpc) is 2.34.